The van der Waals surface area contributed by atoms with Crippen LogP contribution in [0.25, 0.3) is 0 Å². The molecule has 21 heavy (non-hydrogen) atoms. The summed E-state index contributed by atoms with van der Waals surface area (Å²) in [6.45, 7) is 10.4. The Morgan fingerprint density at radius 2 is 2.05 bits per heavy atom. The van der Waals surface area contributed by atoms with Crippen LogP contribution < -0.4 is 10.5 Å². The lowest BCUT2D eigenvalue weighted by Crippen LogP contribution is -2.37. The van der Waals surface area contributed by atoms with E-state index in [1.54, 1.807) is 0 Å². The SMILES string of the molecule is CC(N)Cc1cc(Br)ccc1OC1CC(C)(C)OC1(C)C. The number of hydrogen-bond donors (Lipinski definition) is 1. The highest BCUT2D eigenvalue weighted by atomic mass is 79.9. The van der Waals surface area contributed by atoms with E-state index in [9.17, 15) is 0 Å². The topological polar surface area (TPSA) is 44.5 Å². The summed E-state index contributed by atoms with van der Waals surface area (Å²) in [6.07, 6.45) is 1.72. The molecule has 4 heteroatoms. The van der Waals surface area contributed by atoms with Crippen LogP contribution >= 0.6 is 15.9 Å². The molecule has 2 N–H and O–H groups in total. The van der Waals surface area contributed by atoms with Crippen molar-refractivity contribution in [3.05, 3.63) is 28.2 Å². The van der Waals surface area contributed by atoms with Gasteiger partial charge in [-0.05, 0) is 64.8 Å². The van der Waals surface area contributed by atoms with Crippen molar-refractivity contribution in [2.24, 2.45) is 5.73 Å². The van der Waals surface area contributed by atoms with Crippen molar-refractivity contribution in [1.29, 1.82) is 0 Å². The summed E-state index contributed by atoms with van der Waals surface area (Å²) in [5.74, 6) is 0.912. The first-order valence-electron chi connectivity index (χ1n) is 7.50. The zero-order valence-corrected chi connectivity index (χ0v) is 15.2. The standard InChI is InChI=1S/C17H26BrNO2/c1-11(19)8-12-9-13(18)6-7-14(12)20-15-10-16(2,3)21-17(15,4)5/h6-7,9,11,15H,8,10,19H2,1-5H3. The molecule has 1 heterocycles. The predicted molar refractivity (Wildman–Crippen MR) is 89.8 cm³/mol. The third kappa shape index (κ3) is 4.21. The molecule has 118 valence electrons. The second kappa shape index (κ2) is 5.90. The van der Waals surface area contributed by atoms with Gasteiger partial charge in [-0.1, -0.05) is 15.9 Å². The van der Waals surface area contributed by atoms with Crippen molar-refractivity contribution < 1.29 is 9.47 Å². The normalized spacial score (nSPS) is 24.8. The van der Waals surface area contributed by atoms with Crippen LogP contribution in [0.2, 0.25) is 0 Å². The Balaban J connectivity index is 2.23. The summed E-state index contributed by atoms with van der Waals surface area (Å²) in [5.41, 5.74) is 6.65. The maximum atomic E-state index is 6.31. The van der Waals surface area contributed by atoms with Gasteiger partial charge in [0.15, 0.2) is 0 Å². The minimum absolute atomic E-state index is 0.0421. The summed E-state index contributed by atoms with van der Waals surface area (Å²) in [7, 11) is 0. The van der Waals surface area contributed by atoms with E-state index in [1.807, 2.05) is 19.1 Å². The largest absolute Gasteiger partial charge is 0.487 e. The smallest absolute Gasteiger partial charge is 0.130 e. The predicted octanol–water partition coefficient (Wildman–Crippen LogP) is 4.06. The van der Waals surface area contributed by atoms with Crippen LogP contribution in [0.1, 0.15) is 46.6 Å². The van der Waals surface area contributed by atoms with E-state index in [1.165, 1.54) is 0 Å². The van der Waals surface area contributed by atoms with Crippen LogP contribution in [0.15, 0.2) is 22.7 Å². The molecule has 0 amide bonds. The first kappa shape index (κ1) is 16.8. The van der Waals surface area contributed by atoms with E-state index in [-0.39, 0.29) is 23.3 Å². The van der Waals surface area contributed by atoms with Crippen LogP contribution in [0.4, 0.5) is 0 Å². The van der Waals surface area contributed by atoms with Crippen molar-refractivity contribution in [2.45, 2.75) is 70.8 Å². The number of halogens is 1. The molecule has 0 saturated carbocycles. The molecule has 2 unspecified atom stereocenters. The van der Waals surface area contributed by atoms with Crippen molar-refractivity contribution in [1.82, 2.24) is 0 Å². The monoisotopic (exact) mass is 355 g/mol. The molecule has 1 aliphatic heterocycles. The van der Waals surface area contributed by atoms with Gasteiger partial charge in [0.1, 0.15) is 17.5 Å². The van der Waals surface area contributed by atoms with Gasteiger partial charge in [0, 0.05) is 16.9 Å². The van der Waals surface area contributed by atoms with Crippen molar-refractivity contribution in [3.63, 3.8) is 0 Å². The quantitative estimate of drug-likeness (QED) is 0.885. The summed E-state index contributed by atoms with van der Waals surface area (Å²) in [4.78, 5) is 0. The zero-order chi connectivity index (χ0) is 15.8. The highest BCUT2D eigenvalue weighted by molar-refractivity contribution is 9.10. The van der Waals surface area contributed by atoms with Gasteiger partial charge >= 0.3 is 0 Å². The fourth-order valence-corrected chi connectivity index (χ4v) is 3.43. The third-order valence-corrected chi connectivity index (χ3v) is 4.32. The van der Waals surface area contributed by atoms with Crippen molar-refractivity contribution in [2.75, 3.05) is 0 Å². The number of ether oxygens (including phenoxy) is 2. The molecule has 0 aliphatic carbocycles. The van der Waals surface area contributed by atoms with Gasteiger partial charge in [0.2, 0.25) is 0 Å². The number of rotatable bonds is 4. The Morgan fingerprint density at radius 1 is 1.38 bits per heavy atom. The van der Waals surface area contributed by atoms with Crippen LogP contribution in [-0.4, -0.2) is 23.3 Å². The molecule has 1 aliphatic rings. The molecular weight excluding hydrogens is 330 g/mol. The van der Waals surface area contributed by atoms with Crippen LogP contribution in [0, 0.1) is 0 Å². The van der Waals surface area contributed by atoms with Gasteiger partial charge in [-0.3, -0.25) is 0 Å². The second-order valence-corrected chi connectivity index (χ2v) is 8.12. The third-order valence-electron chi connectivity index (χ3n) is 3.83. The van der Waals surface area contributed by atoms with E-state index >= 15 is 0 Å². The zero-order valence-electron chi connectivity index (χ0n) is 13.6. The Hall–Kier alpha value is -0.580. The number of nitrogens with two attached hydrogens (primary N) is 1. The maximum absolute atomic E-state index is 6.31. The van der Waals surface area contributed by atoms with Gasteiger partial charge in [0.05, 0.1) is 5.60 Å². The maximum Gasteiger partial charge on any atom is 0.130 e. The Morgan fingerprint density at radius 3 is 2.57 bits per heavy atom. The number of hydrogen-bond acceptors (Lipinski definition) is 3. The lowest BCUT2D eigenvalue weighted by atomic mass is 9.97. The summed E-state index contributed by atoms with van der Waals surface area (Å²) in [6, 6.07) is 6.22. The Kier molecular flexibility index (Phi) is 4.72. The van der Waals surface area contributed by atoms with E-state index in [4.69, 9.17) is 15.2 Å². The van der Waals surface area contributed by atoms with E-state index in [0.29, 0.717) is 0 Å². The van der Waals surface area contributed by atoms with Gasteiger partial charge in [0.25, 0.3) is 0 Å². The van der Waals surface area contributed by atoms with Gasteiger partial charge in [-0.25, -0.2) is 0 Å². The Bertz CT molecular complexity index is 512. The summed E-state index contributed by atoms with van der Waals surface area (Å²) in [5, 5.41) is 0. The molecule has 0 bridgehead atoms. The molecule has 0 aromatic heterocycles. The average Bonchev–Trinajstić information content (AvgIpc) is 2.49. The Labute approximate surface area is 136 Å². The molecule has 1 saturated heterocycles. The van der Waals surface area contributed by atoms with Gasteiger partial charge in [-0.15, -0.1) is 0 Å². The first-order valence-corrected chi connectivity index (χ1v) is 8.29. The van der Waals surface area contributed by atoms with Crippen LogP contribution in [-0.2, 0) is 11.2 Å². The van der Waals surface area contributed by atoms with Crippen molar-refractivity contribution >= 4 is 15.9 Å². The molecule has 1 fully saturated rings. The summed E-state index contributed by atoms with van der Waals surface area (Å²) >= 11 is 3.52. The second-order valence-electron chi connectivity index (χ2n) is 7.21. The fraction of sp³-hybridized carbons (Fsp3) is 0.647. The fourth-order valence-electron chi connectivity index (χ4n) is 3.02. The lowest BCUT2D eigenvalue weighted by molar-refractivity contribution is -0.0846. The molecular formula is C17H26BrNO2. The highest BCUT2D eigenvalue weighted by Crippen LogP contribution is 2.40. The van der Waals surface area contributed by atoms with E-state index < -0.39 is 0 Å². The molecule has 1 aromatic carbocycles. The molecule has 1 aromatic rings. The molecule has 2 rings (SSSR count). The minimum Gasteiger partial charge on any atom is -0.487 e. The molecule has 0 radical (unpaired) electrons. The minimum atomic E-state index is -0.290. The van der Waals surface area contributed by atoms with Gasteiger partial charge < -0.3 is 15.2 Å². The molecule has 3 nitrogen and oxygen atoms in total. The first-order chi connectivity index (χ1) is 9.59. The van der Waals surface area contributed by atoms with E-state index in [0.717, 1.165) is 28.6 Å². The summed E-state index contributed by atoms with van der Waals surface area (Å²) < 4.78 is 13.5. The lowest BCUT2D eigenvalue weighted by Gasteiger charge is -2.28. The van der Waals surface area contributed by atoms with Crippen molar-refractivity contribution in [3.8, 4) is 5.75 Å². The van der Waals surface area contributed by atoms with E-state index in [2.05, 4.69) is 49.7 Å². The van der Waals surface area contributed by atoms with Crippen LogP contribution in [0.3, 0.4) is 0 Å². The van der Waals surface area contributed by atoms with Crippen LogP contribution in [0.5, 0.6) is 5.75 Å². The molecule has 0 spiro atoms. The molecule has 2 atom stereocenters. The number of benzene rings is 1. The average molecular weight is 356 g/mol. The van der Waals surface area contributed by atoms with Gasteiger partial charge in [-0.2, -0.15) is 0 Å². The highest BCUT2D eigenvalue weighted by Gasteiger charge is 2.47.